The van der Waals surface area contributed by atoms with Crippen LogP contribution >= 0.6 is 55.2 Å². The lowest BCUT2D eigenvalue weighted by Gasteiger charge is -2.04. The zero-order chi connectivity index (χ0) is 38.5. The number of rotatable bonds is 9. The van der Waals surface area contributed by atoms with Gasteiger partial charge in [0.15, 0.2) is 27.5 Å². The maximum Gasteiger partial charge on any atom is 0.445 e. The summed E-state index contributed by atoms with van der Waals surface area (Å²) in [6, 6.07) is 7.85. The number of carbonyl (C=O) groups excluding carboxylic acids is 2. The maximum atomic E-state index is 13.3. The van der Waals surface area contributed by atoms with Crippen LogP contribution in [-0.2, 0) is 9.59 Å². The van der Waals surface area contributed by atoms with Crippen molar-refractivity contribution >= 4 is 108 Å². The molecular formula is C26H20Br2ClF2N13O8S. The Morgan fingerprint density at radius 3 is 1.85 bits per heavy atom. The molecule has 6 rings (SSSR count). The summed E-state index contributed by atoms with van der Waals surface area (Å²) in [7, 11) is 0. The van der Waals surface area contributed by atoms with Gasteiger partial charge >= 0.3 is 5.82 Å². The van der Waals surface area contributed by atoms with Crippen LogP contribution in [0.3, 0.4) is 0 Å². The lowest BCUT2D eigenvalue weighted by atomic mass is 10.3. The summed E-state index contributed by atoms with van der Waals surface area (Å²) < 4.78 is 35.7. The summed E-state index contributed by atoms with van der Waals surface area (Å²) in [5.41, 5.74) is 3.94. The van der Waals surface area contributed by atoms with Crippen LogP contribution in [0.5, 0.6) is 0 Å². The highest BCUT2D eigenvalue weighted by Crippen LogP contribution is 2.25. The van der Waals surface area contributed by atoms with Crippen LogP contribution in [0.2, 0.25) is 0 Å². The first-order valence-corrected chi connectivity index (χ1v) is 17.1. The van der Waals surface area contributed by atoms with E-state index in [1.807, 2.05) is 5.48 Å². The van der Waals surface area contributed by atoms with Crippen molar-refractivity contribution in [2.45, 2.75) is 5.03 Å². The molecule has 278 valence electrons. The predicted octanol–water partition coefficient (Wildman–Crippen LogP) is 3.34. The van der Waals surface area contributed by atoms with Gasteiger partial charge in [0.25, 0.3) is 5.69 Å². The highest BCUT2D eigenvalue weighted by molar-refractivity contribution is 9.10. The van der Waals surface area contributed by atoms with Crippen molar-refractivity contribution in [3.63, 3.8) is 0 Å². The number of nitrogens with one attached hydrogen (secondary N) is 4. The minimum Gasteiger partial charge on any atom is -0.358 e. The number of thioether (sulfide) groups is 1. The van der Waals surface area contributed by atoms with Crippen LogP contribution < -0.4 is 21.6 Å². The standard InChI is InChI=1S/C13H10BrFN6O3S.C9H5BrFN5O4.C4H5ClN2O/c14-7-3-6(1-2-8(7)15)17-12(19-23)11-13(21-24-20-11)25-5-9-16-4-10(22)18-9;10-5-3-4(1-2-6(5)11)12-8(13-17)7-9(16(18)19)15-20-14-7;5-1-3-6-2-4(8)7-3/h1-3,23H,4-5H2,(H,17,19)(H,16,18,22);1-3,17H,(H,12,13);1-2H2,(H,6,7,8). The van der Waals surface area contributed by atoms with E-state index in [-0.39, 0.29) is 56.9 Å². The quantitative estimate of drug-likeness (QED) is 0.0351. The fourth-order valence-corrected chi connectivity index (χ4v) is 5.29. The van der Waals surface area contributed by atoms with Crippen LogP contribution in [0.4, 0.5) is 26.0 Å². The molecule has 0 atom stereocenters. The van der Waals surface area contributed by atoms with Gasteiger partial charge in [0, 0.05) is 0 Å². The van der Waals surface area contributed by atoms with Crippen LogP contribution in [-0.4, -0.2) is 95.8 Å². The fraction of sp³-hybridized carbons (Fsp3) is 0.154. The molecule has 0 unspecified atom stereocenters. The number of amidine groups is 4. The molecule has 4 heterocycles. The fourth-order valence-electron chi connectivity index (χ4n) is 3.61. The Balaban J connectivity index is 0.000000199. The average molecular weight is 908 g/mol. The lowest BCUT2D eigenvalue weighted by Crippen LogP contribution is -2.26. The third kappa shape index (κ3) is 11.6. The number of nitro groups is 1. The highest BCUT2D eigenvalue weighted by Gasteiger charge is 2.27. The van der Waals surface area contributed by atoms with Crippen molar-refractivity contribution in [3.05, 3.63) is 78.5 Å². The zero-order valence-corrected chi connectivity index (χ0v) is 30.7. The average Bonchev–Trinajstić information content (AvgIpc) is 3.97. The van der Waals surface area contributed by atoms with E-state index in [4.69, 9.17) is 21.4 Å². The molecule has 2 aliphatic heterocycles. The molecule has 2 amide bonds. The lowest BCUT2D eigenvalue weighted by molar-refractivity contribution is -0.391. The van der Waals surface area contributed by atoms with Gasteiger partial charge < -0.3 is 20.7 Å². The third-order valence-electron chi connectivity index (χ3n) is 5.92. The molecule has 6 N–H and O–H groups in total. The summed E-state index contributed by atoms with van der Waals surface area (Å²) in [5.74, 6) is -0.552. The van der Waals surface area contributed by atoms with Crippen LogP contribution in [0.1, 0.15) is 11.4 Å². The van der Waals surface area contributed by atoms with Crippen molar-refractivity contribution < 1.29 is 43.0 Å². The normalized spacial score (nSPS) is 13.9. The number of aliphatic imine (C=N–C) groups is 4. The molecule has 2 aromatic heterocycles. The molecule has 0 saturated heterocycles. The molecule has 27 heteroatoms. The Morgan fingerprint density at radius 1 is 0.887 bits per heavy atom. The van der Waals surface area contributed by atoms with E-state index in [9.17, 15) is 33.7 Å². The largest absolute Gasteiger partial charge is 0.445 e. The molecule has 0 fully saturated rings. The van der Waals surface area contributed by atoms with Crippen LogP contribution in [0.25, 0.3) is 0 Å². The molecule has 0 saturated carbocycles. The first kappa shape index (κ1) is 40.5. The van der Waals surface area contributed by atoms with E-state index < -0.39 is 28.1 Å². The number of halogens is 5. The monoisotopic (exact) mass is 905 g/mol. The number of benzene rings is 2. The van der Waals surface area contributed by atoms with E-state index >= 15 is 0 Å². The van der Waals surface area contributed by atoms with Gasteiger partial charge in [0.2, 0.25) is 11.8 Å². The van der Waals surface area contributed by atoms with E-state index in [1.54, 1.807) is 5.48 Å². The van der Waals surface area contributed by atoms with Crippen molar-refractivity contribution in [2.75, 3.05) is 24.7 Å². The minimum absolute atomic E-state index is 0.0281. The maximum absolute atomic E-state index is 13.3. The summed E-state index contributed by atoms with van der Waals surface area (Å²) in [6.45, 7) is 0.340. The molecule has 21 nitrogen and oxygen atoms in total. The van der Waals surface area contributed by atoms with Gasteiger partial charge in [-0.1, -0.05) is 11.8 Å². The molecule has 0 bridgehead atoms. The third-order valence-corrected chi connectivity index (χ3v) is 8.35. The molecule has 53 heavy (non-hydrogen) atoms. The number of nitrogens with zero attached hydrogens (tertiary/aromatic N) is 9. The van der Waals surface area contributed by atoms with E-state index in [1.165, 1.54) is 42.1 Å². The molecule has 2 aliphatic rings. The van der Waals surface area contributed by atoms with Gasteiger partial charge in [-0.05, 0) is 88.7 Å². The van der Waals surface area contributed by atoms with E-state index in [0.29, 0.717) is 34.0 Å². The van der Waals surface area contributed by atoms with Gasteiger partial charge in [-0.25, -0.2) is 28.9 Å². The first-order chi connectivity index (χ1) is 25.4. The SMILES string of the molecule is O=C1CN=C(CCl)N1.O=C1CN=C(CSc2nonc2C(=Nc2ccc(F)c(Br)c2)NO)N1.O=[N+]([O-])c1nonc1C(=Nc1ccc(F)c(Br)c1)NO. The number of hydrogen-bond donors (Lipinski definition) is 6. The number of amides is 2. The van der Waals surface area contributed by atoms with Crippen molar-refractivity contribution in [2.24, 2.45) is 20.0 Å². The Bertz CT molecular complexity index is 2120. The second-order valence-electron chi connectivity index (χ2n) is 9.50. The van der Waals surface area contributed by atoms with Gasteiger partial charge in [0.05, 0.1) is 32.0 Å². The summed E-state index contributed by atoms with van der Waals surface area (Å²) in [6.07, 6.45) is 0. The minimum atomic E-state index is -0.848. The predicted molar refractivity (Wildman–Crippen MR) is 188 cm³/mol. The second kappa shape index (κ2) is 19.5. The van der Waals surface area contributed by atoms with Gasteiger partial charge in [-0.3, -0.25) is 35.5 Å². The van der Waals surface area contributed by atoms with Gasteiger partial charge in [0.1, 0.15) is 36.4 Å². The molecule has 4 aromatic rings. The Morgan fingerprint density at radius 2 is 1.40 bits per heavy atom. The van der Waals surface area contributed by atoms with Crippen molar-refractivity contribution in [1.82, 2.24) is 42.2 Å². The number of alkyl halides is 1. The smallest absolute Gasteiger partial charge is 0.358 e. The highest BCUT2D eigenvalue weighted by atomic mass is 79.9. The van der Waals surface area contributed by atoms with Gasteiger partial charge in [-0.2, -0.15) is 0 Å². The molecular weight excluding hydrogens is 888 g/mol. The summed E-state index contributed by atoms with van der Waals surface area (Å²) in [4.78, 5) is 47.1. The number of hydroxylamine groups is 2. The summed E-state index contributed by atoms with van der Waals surface area (Å²) >= 11 is 12.6. The molecule has 0 radical (unpaired) electrons. The zero-order valence-electron chi connectivity index (χ0n) is 26.0. The molecule has 2 aromatic carbocycles. The second-order valence-corrected chi connectivity index (χ2v) is 12.4. The van der Waals surface area contributed by atoms with Crippen LogP contribution in [0, 0.1) is 21.7 Å². The number of carbonyl (C=O) groups is 2. The number of hydrogen-bond acceptors (Lipinski definition) is 17. The van der Waals surface area contributed by atoms with Crippen molar-refractivity contribution in [3.8, 4) is 0 Å². The molecule has 0 spiro atoms. The Labute approximate surface area is 319 Å². The summed E-state index contributed by atoms with van der Waals surface area (Å²) in [5, 5.41) is 48.3. The first-order valence-electron chi connectivity index (χ1n) is 13.9. The number of aromatic nitrogens is 4. The van der Waals surface area contributed by atoms with Gasteiger partial charge in [-0.15, -0.1) is 16.2 Å². The van der Waals surface area contributed by atoms with Crippen LogP contribution in [0.15, 0.2) is 79.6 Å². The Kier molecular flexibility index (Phi) is 14.9. The topological polar surface area (TPSA) is 293 Å². The van der Waals surface area contributed by atoms with E-state index in [2.05, 4.69) is 87.7 Å². The molecule has 0 aliphatic carbocycles. The van der Waals surface area contributed by atoms with E-state index in [0.717, 1.165) is 6.07 Å². The Hall–Kier alpha value is -5.28. The van der Waals surface area contributed by atoms with Crippen molar-refractivity contribution in [1.29, 1.82) is 0 Å².